The van der Waals surface area contributed by atoms with Crippen molar-refractivity contribution >= 4 is 28.6 Å². The van der Waals surface area contributed by atoms with E-state index in [0.717, 1.165) is 17.2 Å². The monoisotopic (exact) mass is 268 g/mol. The van der Waals surface area contributed by atoms with Crippen LogP contribution in [-0.4, -0.2) is 12.1 Å². The van der Waals surface area contributed by atoms with Crippen LogP contribution in [0.3, 0.4) is 0 Å². The highest BCUT2D eigenvalue weighted by molar-refractivity contribution is 7.11. The molecule has 0 aliphatic rings. The van der Waals surface area contributed by atoms with Gasteiger partial charge in [0.15, 0.2) is 0 Å². The summed E-state index contributed by atoms with van der Waals surface area (Å²) in [5.41, 5.74) is 0.974. The van der Waals surface area contributed by atoms with E-state index in [0.29, 0.717) is 10.8 Å². The van der Waals surface area contributed by atoms with Crippen molar-refractivity contribution in [2.45, 2.75) is 13.5 Å². The Morgan fingerprint density at radius 1 is 1.47 bits per heavy atom. The van der Waals surface area contributed by atoms with Crippen molar-refractivity contribution in [3.05, 3.63) is 39.3 Å². The molecule has 0 aliphatic carbocycles. The topological polar surface area (TPSA) is 34.1 Å². The molecule has 0 amide bonds. The summed E-state index contributed by atoms with van der Waals surface area (Å²) in [6, 6.07) is 5.65. The number of aromatic nitrogens is 1. The molecule has 0 saturated heterocycles. The molecule has 3 nitrogen and oxygen atoms in total. The molecule has 1 aromatic carbocycles. The number of anilines is 1. The molecule has 0 spiro atoms. The fourth-order valence-corrected chi connectivity index (χ4v) is 2.44. The molecule has 2 rings (SSSR count). The first-order chi connectivity index (χ1) is 8.19. The maximum atomic E-state index is 6.04. The SMILES string of the molecule is COc1ccc(NCc2cnc(C)s2)cc1Cl. The highest BCUT2D eigenvalue weighted by Gasteiger charge is 2.02. The minimum absolute atomic E-state index is 0.609. The summed E-state index contributed by atoms with van der Waals surface area (Å²) < 4.78 is 5.10. The van der Waals surface area contributed by atoms with Gasteiger partial charge in [0, 0.05) is 16.8 Å². The molecule has 0 bridgehead atoms. The molecule has 1 N–H and O–H groups in total. The van der Waals surface area contributed by atoms with Crippen molar-refractivity contribution < 1.29 is 4.74 Å². The van der Waals surface area contributed by atoms with E-state index in [1.165, 1.54) is 4.88 Å². The summed E-state index contributed by atoms with van der Waals surface area (Å²) in [5.74, 6) is 0.686. The molecule has 2 aromatic rings. The van der Waals surface area contributed by atoms with E-state index in [1.807, 2.05) is 31.3 Å². The number of methoxy groups -OCH3 is 1. The number of nitrogens with zero attached hydrogens (tertiary/aromatic N) is 1. The van der Waals surface area contributed by atoms with E-state index in [1.54, 1.807) is 18.4 Å². The summed E-state index contributed by atoms with van der Waals surface area (Å²) in [6.45, 7) is 2.76. The fourth-order valence-electron chi connectivity index (χ4n) is 1.45. The van der Waals surface area contributed by atoms with E-state index in [9.17, 15) is 0 Å². The summed E-state index contributed by atoms with van der Waals surface area (Å²) in [4.78, 5) is 5.41. The van der Waals surface area contributed by atoms with Crippen LogP contribution in [-0.2, 0) is 6.54 Å². The first-order valence-electron chi connectivity index (χ1n) is 5.18. The Kier molecular flexibility index (Phi) is 3.86. The summed E-state index contributed by atoms with van der Waals surface area (Å²) >= 11 is 7.73. The zero-order chi connectivity index (χ0) is 12.3. The van der Waals surface area contributed by atoms with E-state index >= 15 is 0 Å². The molecule has 17 heavy (non-hydrogen) atoms. The van der Waals surface area contributed by atoms with Crippen LogP contribution in [0.4, 0.5) is 5.69 Å². The molecule has 1 aromatic heterocycles. The lowest BCUT2D eigenvalue weighted by Crippen LogP contribution is -1.97. The molecule has 0 aliphatic heterocycles. The van der Waals surface area contributed by atoms with Gasteiger partial charge in [0.25, 0.3) is 0 Å². The summed E-state index contributed by atoms with van der Waals surface area (Å²) in [7, 11) is 1.61. The zero-order valence-corrected chi connectivity index (χ0v) is 11.2. The average molecular weight is 269 g/mol. The van der Waals surface area contributed by atoms with Crippen molar-refractivity contribution in [1.29, 1.82) is 0 Å². The van der Waals surface area contributed by atoms with Gasteiger partial charge in [-0.3, -0.25) is 0 Å². The van der Waals surface area contributed by atoms with E-state index in [2.05, 4.69) is 10.3 Å². The predicted molar refractivity (Wildman–Crippen MR) is 72.2 cm³/mol. The van der Waals surface area contributed by atoms with Gasteiger partial charge in [0.2, 0.25) is 0 Å². The van der Waals surface area contributed by atoms with Crippen LogP contribution in [0, 0.1) is 6.92 Å². The van der Waals surface area contributed by atoms with Crippen molar-refractivity contribution in [1.82, 2.24) is 4.98 Å². The van der Waals surface area contributed by atoms with Gasteiger partial charge >= 0.3 is 0 Å². The molecule has 90 valence electrons. The maximum Gasteiger partial charge on any atom is 0.137 e. The Hall–Kier alpha value is -1.26. The van der Waals surface area contributed by atoms with Crippen LogP contribution in [0.5, 0.6) is 5.75 Å². The number of nitrogens with one attached hydrogen (secondary N) is 1. The lowest BCUT2D eigenvalue weighted by atomic mass is 10.3. The minimum atomic E-state index is 0.609. The Morgan fingerprint density at radius 3 is 2.88 bits per heavy atom. The molecule has 0 fully saturated rings. The smallest absolute Gasteiger partial charge is 0.137 e. The molecule has 5 heteroatoms. The van der Waals surface area contributed by atoms with Gasteiger partial charge in [-0.05, 0) is 25.1 Å². The lowest BCUT2D eigenvalue weighted by molar-refractivity contribution is 0.415. The van der Waals surface area contributed by atoms with Crippen molar-refractivity contribution in [2.75, 3.05) is 12.4 Å². The number of rotatable bonds is 4. The Morgan fingerprint density at radius 2 is 2.29 bits per heavy atom. The molecule has 0 saturated carbocycles. The maximum absolute atomic E-state index is 6.04. The summed E-state index contributed by atoms with van der Waals surface area (Å²) in [5, 5.41) is 4.98. The van der Waals surface area contributed by atoms with Gasteiger partial charge in [-0.15, -0.1) is 11.3 Å². The number of halogens is 1. The third-order valence-corrected chi connectivity index (χ3v) is 3.50. The quantitative estimate of drug-likeness (QED) is 0.918. The van der Waals surface area contributed by atoms with Gasteiger partial charge in [0.05, 0.1) is 23.7 Å². The fraction of sp³-hybridized carbons (Fsp3) is 0.250. The number of ether oxygens (including phenoxy) is 1. The van der Waals surface area contributed by atoms with Gasteiger partial charge in [-0.2, -0.15) is 0 Å². The minimum Gasteiger partial charge on any atom is -0.495 e. The Balaban J connectivity index is 2.02. The van der Waals surface area contributed by atoms with E-state index in [-0.39, 0.29) is 0 Å². The standard InChI is InChI=1S/C12H13ClN2OS/c1-8-14-6-10(17-8)7-15-9-3-4-12(16-2)11(13)5-9/h3-6,15H,7H2,1-2H3. The van der Waals surface area contributed by atoms with Gasteiger partial charge in [-0.25, -0.2) is 4.98 Å². The molecule has 0 unspecified atom stereocenters. The molecular formula is C12H13ClN2OS. The normalized spacial score (nSPS) is 10.3. The molecular weight excluding hydrogens is 256 g/mol. The van der Waals surface area contributed by atoms with Crippen LogP contribution >= 0.6 is 22.9 Å². The highest BCUT2D eigenvalue weighted by atomic mass is 35.5. The third-order valence-electron chi connectivity index (χ3n) is 2.29. The van der Waals surface area contributed by atoms with E-state index in [4.69, 9.17) is 16.3 Å². The number of hydrogen-bond acceptors (Lipinski definition) is 4. The Bertz CT molecular complexity index is 513. The first kappa shape index (κ1) is 12.2. The van der Waals surface area contributed by atoms with Gasteiger partial charge in [-0.1, -0.05) is 11.6 Å². The lowest BCUT2D eigenvalue weighted by Gasteiger charge is -2.07. The predicted octanol–water partition coefficient (Wildman–Crippen LogP) is 3.73. The van der Waals surface area contributed by atoms with Gasteiger partial charge < -0.3 is 10.1 Å². The zero-order valence-electron chi connectivity index (χ0n) is 9.66. The highest BCUT2D eigenvalue weighted by Crippen LogP contribution is 2.27. The van der Waals surface area contributed by atoms with Crippen LogP contribution in [0.2, 0.25) is 5.02 Å². The second kappa shape index (κ2) is 5.38. The first-order valence-corrected chi connectivity index (χ1v) is 6.37. The Labute approximate surface area is 109 Å². The third kappa shape index (κ3) is 3.11. The number of aryl methyl sites for hydroxylation is 1. The second-order valence-electron chi connectivity index (χ2n) is 3.55. The van der Waals surface area contributed by atoms with E-state index < -0.39 is 0 Å². The number of benzene rings is 1. The van der Waals surface area contributed by atoms with Crippen molar-refractivity contribution in [2.24, 2.45) is 0 Å². The number of hydrogen-bond donors (Lipinski definition) is 1. The van der Waals surface area contributed by atoms with Crippen LogP contribution in [0.15, 0.2) is 24.4 Å². The average Bonchev–Trinajstić information content (AvgIpc) is 2.73. The second-order valence-corrected chi connectivity index (χ2v) is 5.27. The number of thiazole rings is 1. The van der Waals surface area contributed by atoms with Crippen LogP contribution in [0.25, 0.3) is 0 Å². The molecule has 0 atom stereocenters. The van der Waals surface area contributed by atoms with Crippen molar-refractivity contribution in [3.63, 3.8) is 0 Å². The van der Waals surface area contributed by atoms with Crippen LogP contribution in [0.1, 0.15) is 9.88 Å². The van der Waals surface area contributed by atoms with Crippen molar-refractivity contribution in [3.8, 4) is 5.75 Å². The largest absolute Gasteiger partial charge is 0.495 e. The van der Waals surface area contributed by atoms with Crippen LogP contribution < -0.4 is 10.1 Å². The molecule has 1 heterocycles. The van der Waals surface area contributed by atoms with Gasteiger partial charge in [0.1, 0.15) is 5.75 Å². The molecule has 0 radical (unpaired) electrons. The summed E-state index contributed by atoms with van der Waals surface area (Å²) in [6.07, 6.45) is 1.89.